The largest absolute Gasteiger partial charge is 0.494 e. The third-order valence-electron chi connectivity index (χ3n) is 3.26. The number of unbranched alkanes of at least 4 members (excludes halogenated alkanes) is 1. The van der Waals surface area contributed by atoms with E-state index in [1.165, 1.54) is 0 Å². The minimum atomic E-state index is -0.926. The summed E-state index contributed by atoms with van der Waals surface area (Å²) in [5.74, 6) is 0.388. The first-order chi connectivity index (χ1) is 9.33. The van der Waals surface area contributed by atoms with Gasteiger partial charge in [0.2, 0.25) is 5.91 Å². The van der Waals surface area contributed by atoms with Crippen LogP contribution in [-0.4, -0.2) is 32.1 Å². The number of nitrogens with two attached hydrogens (primary N) is 2. The third kappa shape index (κ3) is 5.09. The Bertz CT molecular complexity index is 444. The van der Waals surface area contributed by atoms with E-state index in [0.717, 1.165) is 24.3 Å². The van der Waals surface area contributed by atoms with Crippen molar-refractivity contribution in [2.45, 2.75) is 31.7 Å². The molecule has 1 aromatic carbocycles. The molecular weight excluding hydrogens is 254 g/mol. The van der Waals surface area contributed by atoms with E-state index in [1.54, 1.807) is 6.92 Å². The zero-order valence-corrected chi connectivity index (χ0v) is 12.6. The van der Waals surface area contributed by atoms with Gasteiger partial charge in [-0.1, -0.05) is 6.07 Å². The molecule has 1 aromatic rings. The lowest BCUT2D eigenvalue weighted by molar-refractivity contribution is -0.122. The van der Waals surface area contributed by atoms with Crippen molar-refractivity contribution < 1.29 is 9.53 Å². The molecule has 0 heterocycles. The average molecular weight is 279 g/mol. The second-order valence-corrected chi connectivity index (χ2v) is 5.48. The van der Waals surface area contributed by atoms with Crippen molar-refractivity contribution in [1.29, 1.82) is 0 Å². The first kappa shape index (κ1) is 16.3. The van der Waals surface area contributed by atoms with Crippen LogP contribution in [0.5, 0.6) is 5.75 Å². The maximum atomic E-state index is 11.1. The quantitative estimate of drug-likeness (QED) is 0.707. The van der Waals surface area contributed by atoms with Crippen molar-refractivity contribution in [3.8, 4) is 5.75 Å². The molecule has 0 bridgehead atoms. The summed E-state index contributed by atoms with van der Waals surface area (Å²) < 4.78 is 5.69. The first-order valence-corrected chi connectivity index (χ1v) is 6.82. The molecule has 112 valence electrons. The van der Waals surface area contributed by atoms with Crippen LogP contribution in [-0.2, 0) is 4.79 Å². The van der Waals surface area contributed by atoms with Crippen LogP contribution < -0.4 is 21.1 Å². The Morgan fingerprint density at radius 2 is 2.05 bits per heavy atom. The van der Waals surface area contributed by atoms with Gasteiger partial charge < -0.3 is 21.1 Å². The zero-order chi connectivity index (χ0) is 15.2. The average Bonchev–Trinajstić information content (AvgIpc) is 2.38. The van der Waals surface area contributed by atoms with Gasteiger partial charge >= 0.3 is 0 Å². The standard InChI is InChI=1S/C15H25N3O2/c1-15(17,14(16)19)9-4-5-10-20-13-8-6-7-12(11-13)18(2)3/h6-8,11H,4-5,9-10,17H2,1-3H3,(H2,16,19). The number of hydrogen-bond donors (Lipinski definition) is 2. The topological polar surface area (TPSA) is 81.6 Å². The van der Waals surface area contributed by atoms with E-state index in [4.69, 9.17) is 16.2 Å². The minimum absolute atomic E-state index is 0.461. The molecule has 1 amide bonds. The number of anilines is 1. The summed E-state index contributed by atoms with van der Waals surface area (Å²) in [4.78, 5) is 13.1. The first-order valence-electron chi connectivity index (χ1n) is 6.82. The number of rotatable bonds is 8. The van der Waals surface area contributed by atoms with Crippen molar-refractivity contribution in [2.24, 2.45) is 11.5 Å². The summed E-state index contributed by atoms with van der Waals surface area (Å²) >= 11 is 0. The Balaban J connectivity index is 2.31. The highest BCUT2D eigenvalue weighted by atomic mass is 16.5. The van der Waals surface area contributed by atoms with Crippen LogP contribution in [0.1, 0.15) is 26.2 Å². The minimum Gasteiger partial charge on any atom is -0.494 e. The van der Waals surface area contributed by atoms with Gasteiger partial charge in [0, 0.05) is 25.8 Å². The molecule has 1 atom stereocenters. The number of ether oxygens (including phenoxy) is 1. The second kappa shape index (κ2) is 7.14. The summed E-state index contributed by atoms with van der Waals surface area (Å²) in [6.45, 7) is 2.27. The number of carbonyl (C=O) groups is 1. The Kier molecular flexibility index (Phi) is 5.82. The molecule has 0 fully saturated rings. The fourth-order valence-corrected chi connectivity index (χ4v) is 1.76. The van der Waals surface area contributed by atoms with E-state index >= 15 is 0 Å². The van der Waals surface area contributed by atoms with Crippen molar-refractivity contribution in [3.63, 3.8) is 0 Å². The monoisotopic (exact) mass is 279 g/mol. The molecule has 0 aliphatic rings. The van der Waals surface area contributed by atoms with Gasteiger partial charge in [-0.2, -0.15) is 0 Å². The molecule has 0 aliphatic carbocycles. The van der Waals surface area contributed by atoms with Crippen LogP contribution >= 0.6 is 0 Å². The molecule has 0 aliphatic heterocycles. The van der Waals surface area contributed by atoms with Gasteiger partial charge in [0.05, 0.1) is 12.1 Å². The molecule has 0 aromatic heterocycles. The lowest BCUT2D eigenvalue weighted by atomic mass is 9.96. The SMILES string of the molecule is CN(C)c1cccc(OCCCCC(C)(N)C(N)=O)c1. The van der Waals surface area contributed by atoms with Crippen LogP contribution in [0.3, 0.4) is 0 Å². The van der Waals surface area contributed by atoms with Crippen LogP contribution in [0.25, 0.3) is 0 Å². The van der Waals surface area contributed by atoms with E-state index in [2.05, 4.69) is 0 Å². The van der Waals surface area contributed by atoms with E-state index in [-0.39, 0.29) is 0 Å². The van der Waals surface area contributed by atoms with Gasteiger partial charge in [0.25, 0.3) is 0 Å². The molecule has 0 saturated carbocycles. The summed E-state index contributed by atoms with van der Waals surface area (Å²) in [6.07, 6.45) is 2.22. The van der Waals surface area contributed by atoms with Crippen LogP contribution in [0, 0.1) is 0 Å². The Morgan fingerprint density at radius 1 is 1.35 bits per heavy atom. The highest BCUT2D eigenvalue weighted by Gasteiger charge is 2.24. The van der Waals surface area contributed by atoms with E-state index in [0.29, 0.717) is 13.0 Å². The zero-order valence-electron chi connectivity index (χ0n) is 12.6. The molecule has 0 spiro atoms. The van der Waals surface area contributed by atoms with Crippen LogP contribution in [0.15, 0.2) is 24.3 Å². The van der Waals surface area contributed by atoms with E-state index < -0.39 is 11.4 Å². The molecule has 1 rings (SSSR count). The third-order valence-corrected chi connectivity index (χ3v) is 3.26. The van der Waals surface area contributed by atoms with Gasteiger partial charge in [-0.3, -0.25) is 4.79 Å². The Hall–Kier alpha value is -1.75. The fourth-order valence-electron chi connectivity index (χ4n) is 1.76. The van der Waals surface area contributed by atoms with Crippen LogP contribution in [0.4, 0.5) is 5.69 Å². The van der Waals surface area contributed by atoms with Gasteiger partial charge in [0.15, 0.2) is 0 Å². The smallest absolute Gasteiger partial charge is 0.237 e. The predicted molar refractivity (Wildman–Crippen MR) is 81.9 cm³/mol. The van der Waals surface area contributed by atoms with Gasteiger partial charge in [0.1, 0.15) is 5.75 Å². The second-order valence-electron chi connectivity index (χ2n) is 5.48. The van der Waals surface area contributed by atoms with E-state index in [1.807, 2.05) is 43.3 Å². The summed E-state index contributed by atoms with van der Waals surface area (Å²) in [5, 5.41) is 0. The van der Waals surface area contributed by atoms with Gasteiger partial charge in [-0.15, -0.1) is 0 Å². The summed E-state index contributed by atoms with van der Waals surface area (Å²) in [5.41, 5.74) is 11.2. The normalized spacial score (nSPS) is 13.6. The number of carbonyl (C=O) groups excluding carboxylic acids is 1. The van der Waals surface area contributed by atoms with Crippen molar-refractivity contribution in [1.82, 2.24) is 0 Å². The lowest BCUT2D eigenvalue weighted by Crippen LogP contribution is -2.49. The number of amides is 1. The summed E-state index contributed by atoms with van der Waals surface area (Å²) in [6, 6.07) is 7.92. The maximum absolute atomic E-state index is 11.1. The Morgan fingerprint density at radius 3 is 2.65 bits per heavy atom. The molecule has 0 radical (unpaired) electrons. The predicted octanol–water partition coefficient (Wildman–Crippen LogP) is 1.50. The Labute approximate surface area is 120 Å². The van der Waals surface area contributed by atoms with E-state index in [9.17, 15) is 4.79 Å². The number of nitrogens with zero attached hydrogens (tertiary/aromatic N) is 1. The molecule has 20 heavy (non-hydrogen) atoms. The molecule has 5 heteroatoms. The van der Waals surface area contributed by atoms with Gasteiger partial charge in [-0.25, -0.2) is 0 Å². The number of hydrogen-bond acceptors (Lipinski definition) is 4. The van der Waals surface area contributed by atoms with Crippen molar-refractivity contribution in [2.75, 3.05) is 25.6 Å². The number of primary amides is 1. The highest BCUT2D eigenvalue weighted by Crippen LogP contribution is 2.19. The molecule has 1 unspecified atom stereocenters. The van der Waals surface area contributed by atoms with Crippen molar-refractivity contribution >= 4 is 11.6 Å². The van der Waals surface area contributed by atoms with Gasteiger partial charge in [-0.05, 0) is 38.3 Å². The molecular formula is C15H25N3O2. The number of benzene rings is 1. The maximum Gasteiger partial charge on any atom is 0.237 e. The fraction of sp³-hybridized carbons (Fsp3) is 0.533. The molecule has 4 N–H and O–H groups in total. The lowest BCUT2D eigenvalue weighted by Gasteiger charge is -2.20. The van der Waals surface area contributed by atoms with Crippen molar-refractivity contribution in [3.05, 3.63) is 24.3 Å². The summed E-state index contributed by atoms with van der Waals surface area (Å²) in [7, 11) is 3.98. The van der Waals surface area contributed by atoms with Crippen LogP contribution in [0.2, 0.25) is 0 Å². The molecule has 0 saturated heterocycles. The molecule has 5 nitrogen and oxygen atoms in total. The highest BCUT2D eigenvalue weighted by molar-refractivity contribution is 5.83.